The Kier molecular flexibility index (Phi) is 10.0. The Bertz CT molecular complexity index is 784. The fourth-order valence-electron chi connectivity index (χ4n) is 3.16. The van der Waals surface area contributed by atoms with Crippen molar-refractivity contribution in [3.63, 3.8) is 0 Å². The third-order valence-corrected chi connectivity index (χ3v) is 5.19. The summed E-state index contributed by atoms with van der Waals surface area (Å²) in [6.45, 7) is 2.89. The Labute approximate surface area is 184 Å². The van der Waals surface area contributed by atoms with Crippen LogP contribution in [0.25, 0.3) is 0 Å². The van der Waals surface area contributed by atoms with Crippen molar-refractivity contribution in [2.45, 2.75) is 44.2 Å². The lowest BCUT2D eigenvalue weighted by molar-refractivity contribution is 0.00563. The van der Waals surface area contributed by atoms with Crippen LogP contribution in [0.3, 0.4) is 0 Å². The van der Waals surface area contributed by atoms with Gasteiger partial charge >= 0.3 is 5.97 Å². The van der Waals surface area contributed by atoms with Gasteiger partial charge < -0.3 is 14.8 Å². The van der Waals surface area contributed by atoms with Gasteiger partial charge in [-0.2, -0.15) is 0 Å². The first kappa shape index (κ1) is 24.1. The summed E-state index contributed by atoms with van der Waals surface area (Å²) in [7, 11) is 4.10. The van der Waals surface area contributed by atoms with Crippen molar-refractivity contribution in [1.82, 2.24) is 15.4 Å². The molecule has 1 heterocycles. The van der Waals surface area contributed by atoms with E-state index in [2.05, 4.69) is 15.4 Å². The van der Waals surface area contributed by atoms with E-state index in [9.17, 15) is 9.90 Å². The molecule has 162 valence electrons. The number of hydrogen-bond donors (Lipinski definition) is 2. The Morgan fingerprint density at radius 3 is 2.53 bits per heavy atom. The minimum atomic E-state index is -0.696. The second kappa shape index (κ2) is 12.5. The number of aliphatic hydroxyl groups is 1. The van der Waals surface area contributed by atoms with E-state index in [0.717, 1.165) is 30.6 Å². The van der Waals surface area contributed by atoms with E-state index in [0.29, 0.717) is 12.0 Å². The van der Waals surface area contributed by atoms with Gasteiger partial charge in [-0.15, -0.1) is 5.48 Å². The number of carbonyl (C=O) groups is 1. The van der Waals surface area contributed by atoms with Crippen molar-refractivity contribution < 1.29 is 14.7 Å². The quantitative estimate of drug-likeness (QED) is 0.396. The largest absolute Gasteiger partial charge is 0.391 e. The van der Waals surface area contributed by atoms with Crippen molar-refractivity contribution in [1.29, 1.82) is 0 Å². The van der Waals surface area contributed by atoms with Crippen LogP contribution in [-0.2, 0) is 4.84 Å². The molecular weight excluding hydrogens is 398 g/mol. The van der Waals surface area contributed by atoms with E-state index in [-0.39, 0.29) is 5.92 Å². The molecule has 30 heavy (non-hydrogen) atoms. The molecule has 2 aromatic rings. The van der Waals surface area contributed by atoms with E-state index in [1.807, 2.05) is 51.4 Å². The van der Waals surface area contributed by atoms with Crippen molar-refractivity contribution in [2.24, 2.45) is 0 Å². The van der Waals surface area contributed by atoms with E-state index in [1.165, 1.54) is 5.37 Å². The maximum Gasteiger partial charge on any atom is 0.356 e. The third-order valence-electron chi connectivity index (χ3n) is 4.89. The number of carbonyl (C=O) groups excluding carboxylic acids is 1. The van der Waals surface area contributed by atoms with Crippen LogP contribution in [0.4, 0.5) is 0 Å². The third kappa shape index (κ3) is 7.25. The van der Waals surface area contributed by atoms with Crippen LogP contribution in [0, 0.1) is 0 Å². The van der Waals surface area contributed by atoms with Crippen molar-refractivity contribution >= 4 is 23.6 Å². The predicted octanol–water partition coefficient (Wildman–Crippen LogP) is 3.36. The molecule has 7 heteroatoms. The van der Waals surface area contributed by atoms with Gasteiger partial charge in [0.2, 0.25) is 0 Å². The molecule has 0 fully saturated rings. The molecule has 0 aliphatic heterocycles. The van der Waals surface area contributed by atoms with Gasteiger partial charge in [-0.05, 0) is 63.3 Å². The summed E-state index contributed by atoms with van der Waals surface area (Å²) in [5, 5.41) is 11.4. The predicted molar refractivity (Wildman–Crippen MR) is 123 cm³/mol. The molecule has 0 amide bonds. The van der Waals surface area contributed by atoms with Crippen molar-refractivity contribution in [3.8, 4) is 0 Å². The maximum absolute atomic E-state index is 12.4. The van der Waals surface area contributed by atoms with Crippen molar-refractivity contribution in [2.75, 3.05) is 20.6 Å². The number of aliphatic hydroxyl groups excluding tert-OH is 1. The molecule has 2 rings (SSSR count). The van der Waals surface area contributed by atoms with Gasteiger partial charge in [-0.3, -0.25) is 4.98 Å². The average Bonchev–Trinajstić information content (AvgIpc) is 2.75. The Morgan fingerprint density at radius 2 is 1.97 bits per heavy atom. The SMILES string of the molecule is CCCC(O)[C@H](C=S)NOC(=O)c1ccc(C(CCN(C)C)c2ccccn2)cc1. The molecule has 0 spiro atoms. The van der Waals surface area contributed by atoms with Gasteiger partial charge in [0.05, 0.1) is 17.7 Å². The molecule has 0 aliphatic rings. The number of hydrogen-bond acceptors (Lipinski definition) is 7. The Morgan fingerprint density at radius 1 is 1.23 bits per heavy atom. The summed E-state index contributed by atoms with van der Waals surface area (Å²) >= 11 is 4.92. The average molecular weight is 430 g/mol. The van der Waals surface area contributed by atoms with Crippen LogP contribution < -0.4 is 5.48 Å². The summed E-state index contributed by atoms with van der Waals surface area (Å²) in [4.78, 5) is 24.2. The first-order valence-corrected chi connectivity index (χ1v) is 10.7. The number of hydroxylamine groups is 1. The highest BCUT2D eigenvalue weighted by Crippen LogP contribution is 2.27. The van der Waals surface area contributed by atoms with Crippen LogP contribution in [-0.4, -0.2) is 59.1 Å². The number of benzene rings is 1. The van der Waals surface area contributed by atoms with Gasteiger partial charge in [-0.1, -0.05) is 43.8 Å². The number of thiocarbonyl (C=S) groups is 1. The number of aromatic nitrogens is 1. The molecule has 0 bridgehead atoms. The standard InChI is InChI=1S/C23H31N3O3S/c1-4-7-22(27)21(16-30)25-29-23(28)18-11-9-17(10-12-18)19(13-15-26(2)3)20-8-5-6-14-24-20/h5-6,8-12,14,16,19,21-22,25,27H,4,7,13,15H2,1-3H3/t19?,21-,22?/m0/s1. The zero-order valence-corrected chi connectivity index (χ0v) is 18.6. The lowest BCUT2D eigenvalue weighted by Gasteiger charge is -2.20. The molecule has 1 aromatic heterocycles. The van der Waals surface area contributed by atoms with Gasteiger partial charge in [-0.25, -0.2) is 4.79 Å². The van der Waals surface area contributed by atoms with Crippen LogP contribution in [0.1, 0.15) is 53.7 Å². The summed E-state index contributed by atoms with van der Waals surface area (Å²) in [5.41, 5.74) is 5.09. The van der Waals surface area contributed by atoms with Gasteiger partial charge in [0.25, 0.3) is 0 Å². The highest BCUT2D eigenvalue weighted by molar-refractivity contribution is 7.79. The summed E-state index contributed by atoms with van der Waals surface area (Å²) in [6.07, 6.45) is 3.40. The zero-order chi connectivity index (χ0) is 21.9. The molecule has 0 radical (unpaired) electrons. The summed E-state index contributed by atoms with van der Waals surface area (Å²) < 4.78 is 0. The fourth-order valence-corrected chi connectivity index (χ4v) is 3.40. The molecule has 2 N–H and O–H groups in total. The Balaban J connectivity index is 2.07. The summed E-state index contributed by atoms with van der Waals surface area (Å²) in [5.74, 6) is -0.380. The van der Waals surface area contributed by atoms with Crippen LogP contribution in [0.2, 0.25) is 0 Å². The first-order valence-electron chi connectivity index (χ1n) is 10.2. The smallest absolute Gasteiger partial charge is 0.356 e. The monoisotopic (exact) mass is 429 g/mol. The molecule has 0 saturated heterocycles. The molecule has 0 aliphatic carbocycles. The first-order chi connectivity index (χ1) is 14.5. The molecule has 6 nitrogen and oxygen atoms in total. The van der Waals surface area contributed by atoms with E-state index in [4.69, 9.17) is 17.1 Å². The van der Waals surface area contributed by atoms with E-state index >= 15 is 0 Å². The highest BCUT2D eigenvalue weighted by atomic mass is 32.1. The van der Waals surface area contributed by atoms with Crippen LogP contribution in [0.5, 0.6) is 0 Å². The number of pyridine rings is 1. The van der Waals surface area contributed by atoms with Crippen LogP contribution >= 0.6 is 12.2 Å². The number of nitrogens with one attached hydrogen (secondary N) is 1. The maximum atomic E-state index is 12.4. The second-order valence-corrected chi connectivity index (χ2v) is 7.82. The van der Waals surface area contributed by atoms with Crippen molar-refractivity contribution in [3.05, 3.63) is 65.5 Å². The molecule has 3 atom stereocenters. The lowest BCUT2D eigenvalue weighted by Crippen LogP contribution is -2.41. The fraction of sp³-hybridized carbons (Fsp3) is 0.435. The summed E-state index contributed by atoms with van der Waals surface area (Å²) in [6, 6.07) is 12.7. The minimum absolute atomic E-state index is 0.139. The Hall–Kier alpha value is -2.19. The van der Waals surface area contributed by atoms with Gasteiger partial charge in [0.15, 0.2) is 0 Å². The molecule has 2 unspecified atom stereocenters. The van der Waals surface area contributed by atoms with Gasteiger partial charge in [0.1, 0.15) is 0 Å². The molecule has 1 aromatic carbocycles. The van der Waals surface area contributed by atoms with E-state index < -0.39 is 18.1 Å². The zero-order valence-electron chi connectivity index (χ0n) is 17.8. The lowest BCUT2D eigenvalue weighted by atomic mass is 9.91. The second-order valence-electron chi connectivity index (χ2n) is 7.55. The minimum Gasteiger partial charge on any atom is -0.391 e. The van der Waals surface area contributed by atoms with Crippen LogP contribution in [0.15, 0.2) is 48.7 Å². The highest BCUT2D eigenvalue weighted by Gasteiger charge is 2.19. The number of rotatable bonds is 12. The van der Waals surface area contributed by atoms with Gasteiger partial charge in [0, 0.05) is 23.2 Å². The van der Waals surface area contributed by atoms with E-state index in [1.54, 1.807) is 18.3 Å². The number of nitrogens with zero attached hydrogens (tertiary/aromatic N) is 2. The molecular formula is C23H31N3O3S. The normalized spacial score (nSPS) is 14.2. The molecule has 0 saturated carbocycles. The topological polar surface area (TPSA) is 74.7 Å².